The van der Waals surface area contributed by atoms with E-state index in [0.717, 1.165) is 0 Å². The Balaban J connectivity index is 2.32. The number of rotatable bonds is 0. The van der Waals surface area contributed by atoms with Gasteiger partial charge in [-0.25, -0.2) is 0 Å². The normalized spacial score (nSPS) is 35.9. The van der Waals surface area contributed by atoms with Crippen LogP contribution >= 0.6 is 0 Å². The first-order valence-corrected chi connectivity index (χ1v) is 5.13. The van der Waals surface area contributed by atoms with Crippen LogP contribution in [-0.4, -0.2) is 25.2 Å². The van der Waals surface area contributed by atoms with Crippen LogP contribution in [0.2, 0.25) is 0 Å². The average Bonchev–Trinajstić information content (AvgIpc) is 2.23. The second kappa shape index (κ2) is 3.68. The van der Waals surface area contributed by atoms with Gasteiger partial charge in [-0.3, -0.25) is 9.59 Å². The number of allylic oxidation sites excluding steroid dienone is 2. The molecule has 1 fully saturated rings. The third-order valence-corrected chi connectivity index (χ3v) is 3.16. The number of esters is 2. The number of hydrogen-bond donors (Lipinski definition) is 0. The molecule has 0 aromatic heterocycles. The Morgan fingerprint density at radius 3 is 2.80 bits per heavy atom. The van der Waals surface area contributed by atoms with Crippen molar-refractivity contribution in [1.29, 1.82) is 0 Å². The fourth-order valence-corrected chi connectivity index (χ4v) is 2.09. The Morgan fingerprint density at radius 1 is 1.27 bits per heavy atom. The molecule has 0 aromatic carbocycles. The summed E-state index contributed by atoms with van der Waals surface area (Å²) in [5.74, 6) is -0.956. The van der Waals surface area contributed by atoms with Crippen LogP contribution in [0.15, 0.2) is 12.2 Å². The second-order valence-electron chi connectivity index (χ2n) is 4.18. The van der Waals surface area contributed by atoms with E-state index in [-0.39, 0.29) is 25.2 Å². The highest BCUT2D eigenvalue weighted by atomic mass is 16.6. The molecular weight excluding hydrogens is 196 g/mol. The lowest BCUT2D eigenvalue weighted by Gasteiger charge is -2.36. The van der Waals surface area contributed by atoms with Crippen molar-refractivity contribution in [2.45, 2.75) is 19.8 Å². The predicted molar refractivity (Wildman–Crippen MR) is 51.9 cm³/mol. The van der Waals surface area contributed by atoms with Crippen LogP contribution < -0.4 is 0 Å². The van der Waals surface area contributed by atoms with E-state index in [0.29, 0.717) is 12.8 Å². The van der Waals surface area contributed by atoms with Crippen molar-refractivity contribution in [1.82, 2.24) is 0 Å². The van der Waals surface area contributed by atoms with Crippen molar-refractivity contribution in [2.75, 3.05) is 13.2 Å². The first kappa shape index (κ1) is 10.2. The van der Waals surface area contributed by atoms with Crippen LogP contribution in [0, 0.1) is 11.3 Å². The Hall–Kier alpha value is -1.32. The van der Waals surface area contributed by atoms with Crippen LogP contribution in [0.25, 0.3) is 0 Å². The zero-order valence-electron chi connectivity index (χ0n) is 8.69. The van der Waals surface area contributed by atoms with E-state index in [1.807, 2.05) is 12.2 Å². The zero-order valence-corrected chi connectivity index (χ0v) is 8.69. The first-order chi connectivity index (χ1) is 7.14. The number of fused-ring (bicyclic) bond motifs is 1. The summed E-state index contributed by atoms with van der Waals surface area (Å²) in [4.78, 5) is 23.5. The Morgan fingerprint density at radius 2 is 2.00 bits per heavy atom. The van der Waals surface area contributed by atoms with Gasteiger partial charge in [0.1, 0.15) is 13.2 Å². The number of ether oxygens (including phenoxy) is 2. The minimum absolute atomic E-state index is 0.163. The molecule has 4 heteroatoms. The third kappa shape index (κ3) is 1.64. The van der Waals surface area contributed by atoms with Gasteiger partial charge >= 0.3 is 11.9 Å². The van der Waals surface area contributed by atoms with Crippen molar-refractivity contribution in [2.24, 2.45) is 11.3 Å². The Bertz CT molecular complexity index is 321. The second-order valence-corrected chi connectivity index (χ2v) is 4.18. The summed E-state index contributed by atoms with van der Waals surface area (Å²) >= 11 is 0. The van der Waals surface area contributed by atoms with Crippen molar-refractivity contribution in [3.63, 3.8) is 0 Å². The Labute approximate surface area is 88.2 Å². The molecule has 4 nitrogen and oxygen atoms in total. The van der Waals surface area contributed by atoms with Gasteiger partial charge in [0.25, 0.3) is 0 Å². The summed E-state index contributed by atoms with van der Waals surface area (Å²) in [6.07, 6.45) is 4.95. The molecule has 0 saturated carbocycles. The lowest BCUT2D eigenvalue weighted by atomic mass is 9.70. The molecule has 0 N–H and O–H groups in total. The highest BCUT2D eigenvalue weighted by molar-refractivity contribution is 5.86. The molecule has 1 aliphatic carbocycles. The van der Waals surface area contributed by atoms with Crippen molar-refractivity contribution < 1.29 is 19.1 Å². The molecule has 0 radical (unpaired) electrons. The van der Waals surface area contributed by atoms with Crippen LogP contribution in [0.5, 0.6) is 0 Å². The van der Waals surface area contributed by atoms with Gasteiger partial charge in [-0.05, 0) is 19.8 Å². The number of carbonyl (C=O) groups is 2. The van der Waals surface area contributed by atoms with E-state index in [1.165, 1.54) is 0 Å². The van der Waals surface area contributed by atoms with Crippen LogP contribution in [0.3, 0.4) is 0 Å². The summed E-state index contributed by atoms with van der Waals surface area (Å²) in [5.41, 5.74) is -0.744. The fraction of sp³-hybridized carbons (Fsp3) is 0.636. The number of carbonyl (C=O) groups excluding carboxylic acids is 2. The lowest BCUT2D eigenvalue weighted by molar-refractivity contribution is -0.177. The molecule has 1 saturated heterocycles. The monoisotopic (exact) mass is 210 g/mol. The number of hydrogen-bond acceptors (Lipinski definition) is 4. The Kier molecular flexibility index (Phi) is 2.50. The summed E-state index contributed by atoms with van der Waals surface area (Å²) < 4.78 is 10.1. The van der Waals surface area contributed by atoms with E-state index in [2.05, 4.69) is 0 Å². The van der Waals surface area contributed by atoms with Gasteiger partial charge in [0, 0.05) is 0 Å². The van der Waals surface area contributed by atoms with E-state index in [1.54, 1.807) is 6.92 Å². The molecule has 2 aliphatic rings. The van der Waals surface area contributed by atoms with Gasteiger partial charge in [0.05, 0.1) is 11.3 Å². The maximum atomic E-state index is 11.8. The van der Waals surface area contributed by atoms with Gasteiger partial charge < -0.3 is 9.47 Å². The standard InChI is InChI=1S/C11H14O4/c1-11-5-3-2-4-8(11)9(12)14-6-7-15-10(11)13/h2-3,8H,4-7H2,1H3. The highest BCUT2D eigenvalue weighted by Crippen LogP contribution is 2.40. The molecule has 1 heterocycles. The maximum Gasteiger partial charge on any atom is 0.313 e. The van der Waals surface area contributed by atoms with Gasteiger partial charge in [0.15, 0.2) is 0 Å². The molecule has 1 aliphatic heterocycles. The summed E-state index contributed by atoms with van der Waals surface area (Å²) in [5, 5.41) is 0. The molecule has 2 unspecified atom stereocenters. The molecule has 0 aromatic rings. The van der Waals surface area contributed by atoms with Gasteiger partial charge in [0.2, 0.25) is 0 Å². The minimum Gasteiger partial charge on any atom is -0.462 e. The minimum atomic E-state index is -0.744. The van der Waals surface area contributed by atoms with E-state index >= 15 is 0 Å². The highest BCUT2D eigenvalue weighted by Gasteiger charge is 2.48. The number of cyclic esters (lactones) is 2. The fourth-order valence-electron chi connectivity index (χ4n) is 2.09. The quantitative estimate of drug-likeness (QED) is 0.443. The third-order valence-electron chi connectivity index (χ3n) is 3.16. The van der Waals surface area contributed by atoms with Crippen molar-refractivity contribution in [3.8, 4) is 0 Å². The van der Waals surface area contributed by atoms with Crippen LogP contribution in [-0.2, 0) is 19.1 Å². The first-order valence-electron chi connectivity index (χ1n) is 5.13. The molecule has 0 amide bonds. The van der Waals surface area contributed by atoms with Crippen LogP contribution in [0.4, 0.5) is 0 Å². The zero-order chi connectivity index (χ0) is 10.9. The average molecular weight is 210 g/mol. The topological polar surface area (TPSA) is 52.6 Å². The maximum absolute atomic E-state index is 11.8. The van der Waals surface area contributed by atoms with Gasteiger partial charge in [-0.2, -0.15) is 0 Å². The molecule has 2 atom stereocenters. The summed E-state index contributed by atoms with van der Waals surface area (Å²) in [6, 6.07) is 0. The molecule has 0 spiro atoms. The summed E-state index contributed by atoms with van der Waals surface area (Å²) in [6.45, 7) is 2.10. The smallest absolute Gasteiger partial charge is 0.313 e. The van der Waals surface area contributed by atoms with Crippen molar-refractivity contribution >= 4 is 11.9 Å². The largest absolute Gasteiger partial charge is 0.462 e. The van der Waals surface area contributed by atoms with Gasteiger partial charge in [-0.15, -0.1) is 0 Å². The SMILES string of the molecule is CC12CC=CCC1C(=O)OCCOC2=O. The molecular formula is C11H14O4. The van der Waals surface area contributed by atoms with Gasteiger partial charge in [-0.1, -0.05) is 12.2 Å². The summed E-state index contributed by atoms with van der Waals surface area (Å²) in [7, 11) is 0. The molecule has 15 heavy (non-hydrogen) atoms. The molecule has 2 rings (SSSR count). The van der Waals surface area contributed by atoms with E-state index < -0.39 is 11.3 Å². The molecule has 82 valence electrons. The predicted octanol–water partition coefficient (Wildman–Crippen LogP) is 1.06. The van der Waals surface area contributed by atoms with Crippen molar-refractivity contribution in [3.05, 3.63) is 12.2 Å². The lowest BCUT2D eigenvalue weighted by Crippen LogP contribution is -2.45. The van der Waals surface area contributed by atoms with E-state index in [4.69, 9.17) is 9.47 Å². The van der Waals surface area contributed by atoms with Crippen LogP contribution in [0.1, 0.15) is 19.8 Å². The molecule has 0 bridgehead atoms. The van der Waals surface area contributed by atoms with E-state index in [9.17, 15) is 9.59 Å².